The van der Waals surface area contributed by atoms with E-state index >= 15 is 0 Å². The van der Waals surface area contributed by atoms with E-state index in [9.17, 15) is 9.59 Å². The summed E-state index contributed by atoms with van der Waals surface area (Å²) in [5.41, 5.74) is 6.41. The van der Waals surface area contributed by atoms with Crippen molar-refractivity contribution in [3.05, 3.63) is 119 Å². The summed E-state index contributed by atoms with van der Waals surface area (Å²) >= 11 is 0. The van der Waals surface area contributed by atoms with Gasteiger partial charge in [0.15, 0.2) is 17.3 Å². The first-order valence-corrected chi connectivity index (χ1v) is 13.2. The van der Waals surface area contributed by atoms with Gasteiger partial charge in [-0.25, -0.2) is 10.2 Å². The summed E-state index contributed by atoms with van der Waals surface area (Å²) in [7, 11) is 0. The van der Waals surface area contributed by atoms with E-state index in [1.165, 1.54) is 18.5 Å². The highest BCUT2D eigenvalue weighted by Gasteiger charge is 2.16. The molecule has 2 aromatic carbocycles. The number of hydrogen-bond donors (Lipinski definition) is 1. The number of nitrogens with zero attached hydrogens (tertiary/aromatic N) is 2. The van der Waals surface area contributed by atoms with Crippen molar-refractivity contribution >= 4 is 18.1 Å². The summed E-state index contributed by atoms with van der Waals surface area (Å²) in [4.78, 5) is 24.8. The molecule has 0 saturated carbocycles. The van der Waals surface area contributed by atoms with E-state index in [0.29, 0.717) is 29.4 Å². The molecule has 0 unspecified atom stereocenters. The van der Waals surface area contributed by atoms with Crippen molar-refractivity contribution in [3.63, 3.8) is 0 Å². The zero-order valence-electron chi connectivity index (χ0n) is 23.3. The zero-order chi connectivity index (χ0) is 29.5. The van der Waals surface area contributed by atoms with Crippen molar-refractivity contribution in [2.45, 2.75) is 27.4 Å². The van der Waals surface area contributed by atoms with Gasteiger partial charge in [0.2, 0.25) is 5.76 Å². The molecule has 10 nitrogen and oxygen atoms in total. The number of esters is 1. The van der Waals surface area contributed by atoms with Crippen LogP contribution in [-0.2, 0) is 6.61 Å². The van der Waals surface area contributed by atoms with Gasteiger partial charge in [0.25, 0.3) is 0 Å². The molecule has 0 atom stereocenters. The fourth-order valence-electron chi connectivity index (χ4n) is 4.22. The lowest BCUT2D eigenvalue weighted by Crippen LogP contribution is -2.16. The zero-order valence-corrected chi connectivity index (χ0v) is 23.3. The van der Waals surface area contributed by atoms with Crippen molar-refractivity contribution in [2.24, 2.45) is 5.10 Å². The smallest absolute Gasteiger partial charge is 0.379 e. The molecule has 0 spiro atoms. The minimum atomic E-state index is -0.645. The van der Waals surface area contributed by atoms with Crippen molar-refractivity contribution in [3.8, 4) is 22.9 Å². The van der Waals surface area contributed by atoms with Gasteiger partial charge in [0.05, 0.1) is 19.1 Å². The van der Waals surface area contributed by atoms with Gasteiger partial charge in [-0.2, -0.15) is 5.10 Å². The number of hydrazone groups is 1. The molecule has 5 aromatic rings. The lowest BCUT2D eigenvalue weighted by Gasteiger charge is -2.10. The summed E-state index contributed by atoms with van der Waals surface area (Å²) in [5.74, 6) is 0.746. The Morgan fingerprint density at radius 1 is 0.905 bits per heavy atom. The van der Waals surface area contributed by atoms with E-state index < -0.39 is 11.9 Å². The molecule has 42 heavy (non-hydrogen) atoms. The predicted molar refractivity (Wildman–Crippen MR) is 155 cm³/mol. The highest BCUT2D eigenvalue weighted by Crippen LogP contribution is 2.29. The lowest BCUT2D eigenvalue weighted by atomic mass is 10.2. The Kier molecular flexibility index (Phi) is 8.53. The third-order valence-corrected chi connectivity index (χ3v) is 6.20. The van der Waals surface area contributed by atoms with Crippen molar-refractivity contribution in [1.82, 2.24) is 9.99 Å². The largest absolute Gasteiger partial charge is 0.490 e. The van der Waals surface area contributed by atoms with Crippen LogP contribution in [0.15, 0.2) is 99.1 Å². The fraction of sp³-hybridized carbons (Fsp3) is 0.156. The van der Waals surface area contributed by atoms with E-state index in [1.807, 2.05) is 31.2 Å². The molecule has 1 N–H and O–H groups in total. The molecule has 10 heteroatoms. The maximum Gasteiger partial charge on any atom is 0.379 e. The number of hydrogen-bond acceptors (Lipinski definition) is 8. The van der Waals surface area contributed by atoms with E-state index in [2.05, 4.69) is 41.1 Å². The van der Waals surface area contributed by atoms with Crippen LogP contribution in [0.25, 0.3) is 5.69 Å². The molecule has 0 aliphatic heterocycles. The van der Waals surface area contributed by atoms with Gasteiger partial charge < -0.3 is 27.6 Å². The minimum Gasteiger partial charge on any atom is -0.490 e. The number of amides is 1. The van der Waals surface area contributed by atoms with Crippen LogP contribution in [0, 0.1) is 13.8 Å². The summed E-state index contributed by atoms with van der Waals surface area (Å²) in [6, 6.07) is 23.1. The number of furan rings is 2. The number of carbonyl (C=O) groups is 2. The molecule has 0 saturated heterocycles. The van der Waals surface area contributed by atoms with Crippen LogP contribution in [0.3, 0.4) is 0 Å². The highest BCUT2D eigenvalue weighted by atomic mass is 16.6. The molecule has 5 rings (SSSR count). The van der Waals surface area contributed by atoms with Crippen LogP contribution < -0.4 is 19.6 Å². The monoisotopic (exact) mass is 567 g/mol. The first-order chi connectivity index (χ1) is 20.4. The number of carbonyl (C=O) groups excluding carboxylic acids is 2. The van der Waals surface area contributed by atoms with Gasteiger partial charge in [-0.05, 0) is 105 Å². The second-order valence-electron chi connectivity index (χ2n) is 9.21. The molecular weight excluding hydrogens is 538 g/mol. The molecule has 0 aliphatic rings. The number of aryl methyl sites for hydroxylation is 2. The Morgan fingerprint density at radius 3 is 2.40 bits per heavy atom. The van der Waals surface area contributed by atoms with E-state index in [-0.39, 0.29) is 23.9 Å². The molecule has 0 radical (unpaired) electrons. The maximum atomic E-state index is 12.5. The average Bonchev–Trinajstić information content (AvgIpc) is 3.76. The Hall–Kier alpha value is -5.51. The van der Waals surface area contributed by atoms with Gasteiger partial charge in [0.1, 0.15) is 18.1 Å². The molecule has 0 aliphatic carbocycles. The van der Waals surface area contributed by atoms with Gasteiger partial charge >= 0.3 is 11.9 Å². The predicted octanol–water partition coefficient (Wildman–Crippen LogP) is 6.24. The number of ether oxygens (including phenoxy) is 3. The third kappa shape index (κ3) is 6.61. The summed E-state index contributed by atoms with van der Waals surface area (Å²) < 4.78 is 29.7. The molecule has 3 heterocycles. The molecule has 0 fully saturated rings. The summed E-state index contributed by atoms with van der Waals surface area (Å²) in [5, 5.41) is 4.00. The van der Waals surface area contributed by atoms with E-state index in [0.717, 1.165) is 17.1 Å². The van der Waals surface area contributed by atoms with Crippen LogP contribution in [-0.4, -0.2) is 29.3 Å². The average molecular weight is 568 g/mol. The van der Waals surface area contributed by atoms with Crippen LogP contribution >= 0.6 is 0 Å². The minimum absolute atomic E-state index is 0.0749. The standard InChI is InChI=1S/C32H29N3O7/c1-4-38-30-18-23(9-15-27(30)42-32(37)29-6-5-17-39-29)19-33-34-31(36)28-16-14-26(41-28)20-40-25-12-10-24(11-13-25)35-21(2)7-8-22(35)3/h5-19H,4,20H2,1-3H3,(H,34,36)/b33-19+. The van der Waals surface area contributed by atoms with Crippen LogP contribution in [0.1, 0.15) is 50.7 Å². The Labute approximate surface area is 242 Å². The third-order valence-electron chi connectivity index (χ3n) is 6.20. The van der Waals surface area contributed by atoms with Gasteiger partial charge in [-0.3, -0.25) is 4.79 Å². The fourth-order valence-corrected chi connectivity index (χ4v) is 4.22. The molecular formula is C32H29N3O7. The Morgan fingerprint density at radius 2 is 1.69 bits per heavy atom. The molecule has 214 valence electrons. The maximum absolute atomic E-state index is 12.5. The van der Waals surface area contributed by atoms with E-state index in [4.69, 9.17) is 23.0 Å². The SMILES string of the molecule is CCOc1cc(/C=N/NC(=O)c2ccc(COc3ccc(-n4c(C)ccc4C)cc3)o2)ccc1OC(=O)c1ccco1. The summed E-state index contributed by atoms with van der Waals surface area (Å²) in [6.45, 7) is 6.45. The van der Waals surface area contributed by atoms with Crippen molar-refractivity contribution < 1.29 is 32.6 Å². The topological polar surface area (TPSA) is 117 Å². The normalized spacial score (nSPS) is 11.0. The first-order valence-electron chi connectivity index (χ1n) is 13.2. The molecule has 0 bridgehead atoms. The number of rotatable bonds is 11. The van der Waals surface area contributed by atoms with Crippen LogP contribution in [0.4, 0.5) is 0 Å². The number of aromatic nitrogens is 1. The van der Waals surface area contributed by atoms with Gasteiger partial charge in [-0.15, -0.1) is 0 Å². The number of benzene rings is 2. The van der Waals surface area contributed by atoms with Crippen molar-refractivity contribution in [1.29, 1.82) is 0 Å². The quantitative estimate of drug-likeness (QED) is 0.0869. The Bertz CT molecular complexity index is 1680. The van der Waals surface area contributed by atoms with Gasteiger partial charge in [0, 0.05) is 17.1 Å². The molecule has 1 amide bonds. The Balaban J connectivity index is 1.14. The second-order valence-corrected chi connectivity index (χ2v) is 9.21. The highest BCUT2D eigenvalue weighted by molar-refractivity contribution is 5.92. The van der Waals surface area contributed by atoms with Crippen LogP contribution in [0.5, 0.6) is 17.2 Å². The second kappa shape index (κ2) is 12.8. The molecule has 3 aromatic heterocycles. The van der Waals surface area contributed by atoms with Gasteiger partial charge in [-0.1, -0.05) is 0 Å². The lowest BCUT2D eigenvalue weighted by molar-refractivity contribution is 0.0695. The number of nitrogens with one attached hydrogen (secondary N) is 1. The first kappa shape index (κ1) is 28.0. The van der Waals surface area contributed by atoms with E-state index in [1.54, 1.807) is 36.4 Å². The van der Waals surface area contributed by atoms with Crippen molar-refractivity contribution in [2.75, 3.05) is 6.61 Å². The van der Waals surface area contributed by atoms with Crippen LogP contribution in [0.2, 0.25) is 0 Å². The summed E-state index contributed by atoms with van der Waals surface area (Å²) in [6.07, 6.45) is 2.82.